The molecule has 1 aromatic heterocycles. The molecule has 0 saturated heterocycles. The van der Waals surface area contributed by atoms with E-state index < -0.39 is 0 Å². The monoisotopic (exact) mass is 553 g/mol. The van der Waals surface area contributed by atoms with Gasteiger partial charge in [0, 0.05) is 29.3 Å². The number of nitrogens with zero attached hydrogens (tertiary/aromatic N) is 3. The summed E-state index contributed by atoms with van der Waals surface area (Å²) < 4.78 is 5.36. The predicted molar refractivity (Wildman–Crippen MR) is 160 cm³/mol. The third-order valence-electron chi connectivity index (χ3n) is 9.13. The van der Waals surface area contributed by atoms with Crippen LogP contribution in [0.15, 0.2) is 36.7 Å². The fraction of sp³-hybridized carbons (Fsp3) is 0.455. The van der Waals surface area contributed by atoms with Crippen LogP contribution >= 0.6 is 0 Å². The van der Waals surface area contributed by atoms with Crippen LogP contribution in [-0.2, 0) is 23.3 Å². The first-order valence-corrected chi connectivity index (χ1v) is 14.9. The van der Waals surface area contributed by atoms with E-state index in [2.05, 4.69) is 50.6 Å². The molecule has 0 unspecified atom stereocenters. The van der Waals surface area contributed by atoms with Crippen molar-refractivity contribution in [1.29, 1.82) is 0 Å². The predicted octanol–water partition coefficient (Wildman–Crippen LogP) is 6.57. The van der Waals surface area contributed by atoms with Crippen molar-refractivity contribution in [2.24, 2.45) is 5.92 Å². The van der Waals surface area contributed by atoms with Crippen LogP contribution < -0.4 is 15.4 Å². The number of aromatic nitrogens is 2. The minimum Gasteiger partial charge on any atom is -0.497 e. The zero-order valence-corrected chi connectivity index (χ0v) is 24.5. The number of benzene rings is 2. The summed E-state index contributed by atoms with van der Waals surface area (Å²) in [5.74, 6) is 2.26. The van der Waals surface area contributed by atoms with E-state index in [9.17, 15) is 9.59 Å². The molecule has 41 heavy (non-hydrogen) atoms. The van der Waals surface area contributed by atoms with Crippen molar-refractivity contribution in [3.8, 4) is 5.75 Å². The molecule has 214 valence electrons. The third kappa shape index (κ3) is 4.83. The van der Waals surface area contributed by atoms with Gasteiger partial charge in [0.05, 0.1) is 12.6 Å². The summed E-state index contributed by atoms with van der Waals surface area (Å²) in [6, 6.07) is 10.1. The molecule has 3 aromatic rings. The number of methoxy groups -OCH3 is 1. The number of fused-ring (bicyclic) bond motifs is 2. The van der Waals surface area contributed by atoms with Crippen LogP contribution in [0, 0.1) is 19.8 Å². The van der Waals surface area contributed by atoms with E-state index in [4.69, 9.17) is 4.74 Å². The summed E-state index contributed by atoms with van der Waals surface area (Å²) >= 11 is 0. The quantitative estimate of drug-likeness (QED) is 0.327. The van der Waals surface area contributed by atoms with Crippen LogP contribution in [0.25, 0.3) is 0 Å². The Kier molecular flexibility index (Phi) is 7.18. The van der Waals surface area contributed by atoms with E-state index in [0.29, 0.717) is 18.2 Å². The lowest BCUT2D eigenvalue weighted by atomic mass is 9.73. The Hall–Kier alpha value is -3.94. The van der Waals surface area contributed by atoms with E-state index in [1.165, 1.54) is 23.9 Å². The first kappa shape index (κ1) is 27.2. The van der Waals surface area contributed by atoms with Gasteiger partial charge < -0.3 is 20.3 Å². The second kappa shape index (κ2) is 10.8. The fourth-order valence-corrected chi connectivity index (χ4v) is 6.78. The van der Waals surface area contributed by atoms with E-state index in [1.807, 2.05) is 26.0 Å². The van der Waals surface area contributed by atoms with Crippen molar-refractivity contribution in [2.75, 3.05) is 17.7 Å². The molecule has 0 radical (unpaired) electrons. The molecular weight excluding hydrogens is 514 g/mol. The van der Waals surface area contributed by atoms with Crippen molar-refractivity contribution in [1.82, 2.24) is 14.9 Å². The van der Waals surface area contributed by atoms with Crippen LogP contribution in [-0.4, -0.2) is 33.8 Å². The largest absolute Gasteiger partial charge is 0.497 e. The number of ether oxygens (including phenoxy) is 1. The van der Waals surface area contributed by atoms with Gasteiger partial charge in [0.25, 0.3) is 5.91 Å². The van der Waals surface area contributed by atoms with Gasteiger partial charge in [-0.2, -0.15) is 0 Å². The number of anilines is 3. The fourth-order valence-electron chi connectivity index (χ4n) is 6.78. The van der Waals surface area contributed by atoms with Crippen molar-refractivity contribution in [2.45, 2.75) is 84.2 Å². The molecule has 0 bridgehead atoms. The highest BCUT2D eigenvalue weighted by Crippen LogP contribution is 2.53. The number of hydrogen-bond donors (Lipinski definition) is 2. The summed E-state index contributed by atoms with van der Waals surface area (Å²) in [6.07, 6.45) is 9.45. The molecule has 8 nitrogen and oxygen atoms in total. The van der Waals surface area contributed by atoms with Crippen LogP contribution in [0.3, 0.4) is 0 Å². The number of carbonyl (C=O) groups is 2. The summed E-state index contributed by atoms with van der Waals surface area (Å²) in [5.41, 5.74) is 6.72. The summed E-state index contributed by atoms with van der Waals surface area (Å²) in [5, 5.41) is 6.57. The maximum absolute atomic E-state index is 14.2. The maximum Gasteiger partial charge on any atom is 0.255 e. The van der Waals surface area contributed by atoms with Crippen LogP contribution in [0.5, 0.6) is 5.75 Å². The molecule has 6 rings (SSSR count). The van der Waals surface area contributed by atoms with Crippen molar-refractivity contribution in [3.63, 3.8) is 0 Å². The normalized spacial score (nSPS) is 17.5. The number of aryl methyl sites for hydroxylation is 1. The van der Waals surface area contributed by atoms with Gasteiger partial charge in [0.15, 0.2) is 0 Å². The SMILES string of the molecule is CCc1c(Nc2ncnc(NC(=O)C3CC3)c2C)cc(C)c2c1C1(CCCCC1)N(Cc1ccc(OC)cc1)C2=O. The molecule has 2 heterocycles. The van der Waals surface area contributed by atoms with E-state index in [1.54, 1.807) is 7.11 Å². The molecule has 2 aliphatic carbocycles. The van der Waals surface area contributed by atoms with Gasteiger partial charge >= 0.3 is 0 Å². The van der Waals surface area contributed by atoms with Crippen LogP contribution in [0.1, 0.15) is 90.0 Å². The molecule has 8 heteroatoms. The molecule has 2 aromatic carbocycles. The van der Waals surface area contributed by atoms with Crippen molar-refractivity contribution < 1.29 is 14.3 Å². The standard InChI is InChI=1S/C33H39N5O3/c1-5-25-26(36-29-21(3)30(35-19-34-29)37-31(39)23-11-12-23)17-20(2)27-28(25)33(15-7-6-8-16-33)38(32(27)40)18-22-9-13-24(41-4)14-10-22/h9-10,13-14,17,19,23H,5-8,11-12,15-16,18H2,1-4H3,(H2,34,35,36,37,39). The van der Waals surface area contributed by atoms with Gasteiger partial charge in [-0.25, -0.2) is 9.97 Å². The summed E-state index contributed by atoms with van der Waals surface area (Å²) in [7, 11) is 1.67. The molecule has 2 amide bonds. The highest BCUT2D eigenvalue weighted by atomic mass is 16.5. The number of carbonyl (C=O) groups excluding carboxylic acids is 2. The van der Waals surface area contributed by atoms with E-state index in [0.717, 1.165) is 78.6 Å². The molecule has 0 atom stereocenters. The number of amides is 2. The van der Waals surface area contributed by atoms with Crippen molar-refractivity contribution in [3.05, 3.63) is 70.0 Å². The summed E-state index contributed by atoms with van der Waals surface area (Å²) in [4.78, 5) is 37.7. The Labute approximate surface area is 241 Å². The topological polar surface area (TPSA) is 96.4 Å². The smallest absolute Gasteiger partial charge is 0.255 e. The minimum absolute atomic E-state index is 0.0232. The maximum atomic E-state index is 14.2. The van der Waals surface area contributed by atoms with Gasteiger partial charge in [-0.1, -0.05) is 38.3 Å². The van der Waals surface area contributed by atoms with Crippen LogP contribution in [0.4, 0.5) is 17.3 Å². The molecule has 2 fully saturated rings. The van der Waals surface area contributed by atoms with Gasteiger partial charge in [0.2, 0.25) is 5.91 Å². The summed E-state index contributed by atoms with van der Waals surface area (Å²) in [6.45, 7) is 6.71. The molecule has 1 aliphatic heterocycles. The molecule has 2 saturated carbocycles. The van der Waals surface area contributed by atoms with Gasteiger partial charge in [0.1, 0.15) is 23.7 Å². The minimum atomic E-state index is -0.331. The lowest BCUT2D eigenvalue weighted by Gasteiger charge is -2.43. The first-order chi connectivity index (χ1) is 19.9. The number of rotatable bonds is 8. The van der Waals surface area contributed by atoms with E-state index in [-0.39, 0.29) is 23.3 Å². The number of hydrogen-bond acceptors (Lipinski definition) is 6. The third-order valence-corrected chi connectivity index (χ3v) is 9.13. The first-order valence-electron chi connectivity index (χ1n) is 14.9. The Bertz CT molecular complexity index is 1490. The molecule has 3 aliphatic rings. The Morgan fingerprint density at radius 2 is 1.78 bits per heavy atom. The second-order valence-corrected chi connectivity index (χ2v) is 11.7. The Morgan fingerprint density at radius 1 is 1.07 bits per heavy atom. The Morgan fingerprint density at radius 3 is 2.44 bits per heavy atom. The molecule has 1 spiro atoms. The molecular formula is C33H39N5O3. The lowest BCUT2D eigenvalue weighted by molar-refractivity contribution is -0.117. The van der Waals surface area contributed by atoms with Crippen LogP contribution in [0.2, 0.25) is 0 Å². The lowest BCUT2D eigenvalue weighted by Crippen LogP contribution is -2.45. The zero-order chi connectivity index (χ0) is 28.7. The highest BCUT2D eigenvalue weighted by Gasteiger charge is 2.52. The van der Waals surface area contributed by atoms with Gasteiger partial charge in [-0.05, 0) is 86.4 Å². The average molecular weight is 554 g/mol. The van der Waals surface area contributed by atoms with Gasteiger partial charge in [-0.3, -0.25) is 9.59 Å². The highest BCUT2D eigenvalue weighted by molar-refractivity contribution is 6.03. The zero-order valence-electron chi connectivity index (χ0n) is 24.5. The second-order valence-electron chi connectivity index (χ2n) is 11.7. The van der Waals surface area contributed by atoms with Crippen molar-refractivity contribution >= 4 is 29.1 Å². The molecule has 2 N–H and O–H groups in total. The number of nitrogens with one attached hydrogen (secondary N) is 2. The average Bonchev–Trinajstić information content (AvgIpc) is 3.81. The van der Waals surface area contributed by atoms with Gasteiger partial charge in [-0.15, -0.1) is 0 Å². The Balaban J connectivity index is 1.40. The van der Waals surface area contributed by atoms with E-state index >= 15 is 0 Å².